The predicted molar refractivity (Wildman–Crippen MR) is 105 cm³/mol. The van der Waals surface area contributed by atoms with Crippen molar-refractivity contribution < 1.29 is 13.9 Å². The molecular weight excluding hydrogens is 385 g/mol. The van der Waals surface area contributed by atoms with E-state index in [0.29, 0.717) is 16.4 Å². The SMILES string of the molecule is Cc1ccc(NC(=O)[C@@H](C)Oc2ccc(=O)n(-c3ccc(F)cc3)n2)cc1Cl. The van der Waals surface area contributed by atoms with Crippen LogP contribution in [0, 0.1) is 12.7 Å². The second-order valence-electron chi connectivity index (χ2n) is 6.11. The van der Waals surface area contributed by atoms with Crippen LogP contribution in [0.1, 0.15) is 12.5 Å². The zero-order valence-electron chi connectivity index (χ0n) is 15.1. The van der Waals surface area contributed by atoms with E-state index in [-0.39, 0.29) is 5.88 Å². The van der Waals surface area contributed by atoms with Gasteiger partial charge in [-0.25, -0.2) is 4.39 Å². The van der Waals surface area contributed by atoms with Gasteiger partial charge in [-0.3, -0.25) is 9.59 Å². The van der Waals surface area contributed by atoms with Gasteiger partial charge < -0.3 is 10.1 Å². The van der Waals surface area contributed by atoms with Crippen LogP contribution < -0.4 is 15.6 Å². The lowest BCUT2D eigenvalue weighted by molar-refractivity contribution is -0.122. The number of amides is 1. The van der Waals surface area contributed by atoms with Gasteiger partial charge in [0.25, 0.3) is 11.5 Å². The number of nitrogens with one attached hydrogen (secondary N) is 1. The topological polar surface area (TPSA) is 73.2 Å². The van der Waals surface area contributed by atoms with Crippen molar-refractivity contribution in [1.29, 1.82) is 0 Å². The number of hydrogen-bond donors (Lipinski definition) is 1. The van der Waals surface area contributed by atoms with E-state index in [9.17, 15) is 14.0 Å². The molecule has 0 aliphatic rings. The Morgan fingerprint density at radius 2 is 1.89 bits per heavy atom. The van der Waals surface area contributed by atoms with Crippen molar-refractivity contribution in [3.05, 3.63) is 81.4 Å². The summed E-state index contributed by atoms with van der Waals surface area (Å²) in [5.41, 5.74) is 1.41. The average Bonchev–Trinajstić information content (AvgIpc) is 2.67. The summed E-state index contributed by atoms with van der Waals surface area (Å²) >= 11 is 6.06. The van der Waals surface area contributed by atoms with Gasteiger partial charge in [-0.1, -0.05) is 17.7 Å². The quantitative estimate of drug-likeness (QED) is 0.706. The highest BCUT2D eigenvalue weighted by atomic mass is 35.5. The number of rotatable bonds is 5. The van der Waals surface area contributed by atoms with E-state index in [4.69, 9.17) is 16.3 Å². The van der Waals surface area contributed by atoms with E-state index < -0.39 is 23.4 Å². The van der Waals surface area contributed by atoms with Gasteiger partial charge in [0.2, 0.25) is 5.88 Å². The second kappa shape index (κ2) is 8.22. The van der Waals surface area contributed by atoms with Gasteiger partial charge in [-0.2, -0.15) is 4.68 Å². The first-order valence-electron chi connectivity index (χ1n) is 8.43. The van der Waals surface area contributed by atoms with Crippen LogP contribution in [0.5, 0.6) is 5.88 Å². The van der Waals surface area contributed by atoms with Crippen molar-refractivity contribution in [3.8, 4) is 11.6 Å². The average molecular weight is 402 g/mol. The van der Waals surface area contributed by atoms with E-state index in [1.165, 1.54) is 36.4 Å². The second-order valence-corrected chi connectivity index (χ2v) is 6.52. The molecule has 0 spiro atoms. The van der Waals surface area contributed by atoms with Crippen LogP contribution >= 0.6 is 11.6 Å². The van der Waals surface area contributed by atoms with E-state index in [2.05, 4.69) is 10.4 Å². The summed E-state index contributed by atoms with van der Waals surface area (Å²) in [6.07, 6.45) is -0.883. The van der Waals surface area contributed by atoms with E-state index >= 15 is 0 Å². The number of aryl methyl sites for hydroxylation is 1. The molecule has 0 unspecified atom stereocenters. The maximum absolute atomic E-state index is 13.1. The lowest BCUT2D eigenvalue weighted by Gasteiger charge is -2.15. The number of benzene rings is 2. The summed E-state index contributed by atoms with van der Waals surface area (Å²) in [5, 5.41) is 7.33. The molecule has 28 heavy (non-hydrogen) atoms. The highest BCUT2D eigenvalue weighted by Gasteiger charge is 2.17. The lowest BCUT2D eigenvalue weighted by atomic mass is 10.2. The zero-order chi connectivity index (χ0) is 20.3. The number of carbonyl (C=O) groups excluding carboxylic acids is 1. The first kappa shape index (κ1) is 19.6. The van der Waals surface area contributed by atoms with E-state index in [0.717, 1.165) is 10.2 Å². The number of hydrogen-bond acceptors (Lipinski definition) is 4. The van der Waals surface area contributed by atoms with Crippen molar-refractivity contribution in [2.24, 2.45) is 0 Å². The van der Waals surface area contributed by atoms with Crippen molar-refractivity contribution in [2.75, 3.05) is 5.32 Å². The smallest absolute Gasteiger partial charge is 0.271 e. The fourth-order valence-corrected chi connectivity index (χ4v) is 2.55. The molecular formula is C20H17ClFN3O3. The first-order chi connectivity index (χ1) is 13.3. The van der Waals surface area contributed by atoms with Crippen LogP contribution in [0.25, 0.3) is 5.69 Å². The molecule has 0 aliphatic heterocycles. The number of nitrogens with zero attached hydrogens (tertiary/aromatic N) is 2. The fraction of sp³-hybridized carbons (Fsp3) is 0.150. The predicted octanol–water partition coefficient (Wildman–Crippen LogP) is 3.74. The molecule has 2 aromatic carbocycles. The summed E-state index contributed by atoms with van der Waals surface area (Å²) in [6.45, 7) is 3.42. The fourth-order valence-electron chi connectivity index (χ4n) is 2.37. The summed E-state index contributed by atoms with van der Waals surface area (Å²) in [7, 11) is 0. The third-order valence-electron chi connectivity index (χ3n) is 3.95. The zero-order valence-corrected chi connectivity index (χ0v) is 15.9. The Balaban J connectivity index is 1.74. The highest BCUT2D eigenvalue weighted by Crippen LogP contribution is 2.20. The number of aromatic nitrogens is 2. The normalized spacial score (nSPS) is 11.7. The Hall–Kier alpha value is -3.19. The molecule has 1 amide bonds. The molecule has 0 aliphatic carbocycles. The van der Waals surface area contributed by atoms with Gasteiger partial charge in [0.15, 0.2) is 6.10 Å². The highest BCUT2D eigenvalue weighted by molar-refractivity contribution is 6.31. The third-order valence-corrected chi connectivity index (χ3v) is 4.36. The number of halogens is 2. The molecule has 0 radical (unpaired) electrons. The Morgan fingerprint density at radius 3 is 2.57 bits per heavy atom. The van der Waals surface area contributed by atoms with Gasteiger partial charge in [0.05, 0.1) is 5.69 Å². The molecule has 3 rings (SSSR count). The molecule has 8 heteroatoms. The minimum atomic E-state index is -0.883. The number of anilines is 1. The van der Waals surface area contributed by atoms with E-state index in [1.807, 2.05) is 6.92 Å². The van der Waals surface area contributed by atoms with Crippen LogP contribution in [-0.2, 0) is 4.79 Å². The van der Waals surface area contributed by atoms with Crippen LogP contribution in [0.2, 0.25) is 5.02 Å². The monoisotopic (exact) mass is 401 g/mol. The van der Waals surface area contributed by atoms with Crippen LogP contribution in [0.3, 0.4) is 0 Å². The maximum Gasteiger partial charge on any atom is 0.271 e. The van der Waals surface area contributed by atoms with Gasteiger partial charge in [-0.15, -0.1) is 5.10 Å². The number of carbonyl (C=O) groups is 1. The molecule has 144 valence electrons. The molecule has 1 N–H and O–H groups in total. The van der Waals surface area contributed by atoms with Crippen LogP contribution in [-0.4, -0.2) is 21.8 Å². The molecule has 0 bridgehead atoms. The van der Waals surface area contributed by atoms with Gasteiger partial charge in [0.1, 0.15) is 5.82 Å². The first-order valence-corrected chi connectivity index (χ1v) is 8.81. The Kier molecular flexibility index (Phi) is 5.75. The summed E-state index contributed by atoms with van der Waals surface area (Å²) in [4.78, 5) is 24.4. The van der Waals surface area contributed by atoms with Crippen molar-refractivity contribution in [3.63, 3.8) is 0 Å². The minimum absolute atomic E-state index is 0.0773. The van der Waals surface area contributed by atoms with Crippen molar-refractivity contribution in [1.82, 2.24) is 9.78 Å². The Morgan fingerprint density at radius 1 is 1.18 bits per heavy atom. The standard InChI is InChI=1S/C20H17ClFN3O3/c1-12-3-6-15(11-17(12)21)23-20(27)13(2)28-18-9-10-19(26)25(24-18)16-7-4-14(22)5-8-16/h3-11,13H,1-2H3,(H,23,27)/t13-/m1/s1. The molecule has 1 aromatic heterocycles. The summed E-state index contributed by atoms with van der Waals surface area (Å²) in [6, 6.07) is 13.1. The Bertz CT molecular complexity index is 1070. The van der Waals surface area contributed by atoms with Crippen molar-refractivity contribution in [2.45, 2.75) is 20.0 Å². The third kappa shape index (κ3) is 4.55. The minimum Gasteiger partial charge on any atom is -0.463 e. The van der Waals surface area contributed by atoms with Gasteiger partial charge in [-0.05, 0) is 55.8 Å². The summed E-state index contributed by atoms with van der Waals surface area (Å²) < 4.78 is 19.7. The number of ether oxygens (including phenoxy) is 1. The molecule has 0 saturated carbocycles. The summed E-state index contributed by atoms with van der Waals surface area (Å²) in [5.74, 6) is -0.750. The molecule has 1 heterocycles. The largest absolute Gasteiger partial charge is 0.463 e. The van der Waals surface area contributed by atoms with Gasteiger partial charge >= 0.3 is 0 Å². The van der Waals surface area contributed by atoms with Crippen LogP contribution in [0.4, 0.5) is 10.1 Å². The van der Waals surface area contributed by atoms with Crippen LogP contribution in [0.15, 0.2) is 59.4 Å². The molecule has 0 fully saturated rings. The molecule has 1 atom stereocenters. The molecule has 3 aromatic rings. The molecule has 6 nitrogen and oxygen atoms in total. The maximum atomic E-state index is 13.1. The Labute approximate surface area is 165 Å². The lowest BCUT2D eigenvalue weighted by Crippen LogP contribution is -2.31. The van der Waals surface area contributed by atoms with Crippen molar-refractivity contribution >= 4 is 23.2 Å². The van der Waals surface area contributed by atoms with Gasteiger partial charge in [0, 0.05) is 22.8 Å². The van der Waals surface area contributed by atoms with E-state index in [1.54, 1.807) is 25.1 Å². The molecule has 0 saturated heterocycles.